The molecule has 3 nitrogen and oxygen atoms in total. The number of hydrogen-bond donors (Lipinski definition) is 1. The fourth-order valence-corrected chi connectivity index (χ4v) is 1.43. The van der Waals surface area contributed by atoms with E-state index in [2.05, 4.69) is 6.58 Å². The smallest absolute Gasteiger partial charge is 0.346 e. The van der Waals surface area contributed by atoms with E-state index in [-0.39, 0.29) is 0 Å². The van der Waals surface area contributed by atoms with Crippen molar-refractivity contribution in [2.24, 2.45) is 0 Å². The average Bonchev–Trinajstić information content (AvgIpc) is 2.53. The zero-order valence-electron chi connectivity index (χ0n) is 7.03. The quantitative estimate of drug-likeness (QED) is 0.583. The second kappa shape index (κ2) is 4.67. The number of thiophene rings is 1. The van der Waals surface area contributed by atoms with Crippen LogP contribution in [-0.2, 0) is 0 Å². The highest BCUT2D eigenvalue weighted by atomic mass is 32.1. The normalized spacial score (nSPS) is 9.54. The summed E-state index contributed by atoms with van der Waals surface area (Å²) in [6.07, 6.45) is 2.52. The van der Waals surface area contributed by atoms with Crippen LogP contribution >= 0.6 is 11.3 Å². The Morgan fingerprint density at radius 3 is 3.08 bits per heavy atom. The van der Waals surface area contributed by atoms with E-state index in [0.717, 1.165) is 6.42 Å². The second-order valence-corrected chi connectivity index (χ2v) is 3.29. The summed E-state index contributed by atoms with van der Waals surface area (Å²) in [4.78, 5) is 10.8. The van der Waals surface area contributed by atoms with Crippen molar-refractivity contribution in [2.45, 2.75) is 6.42 Å². The molecule has 70 valence electrons. The molecule has 4 heteroatoms. The Hall–Kier alpha value is -1.29. The van der Waals surface area contributed by atoms with E-state index < -0.39 is 5.97 Å². The van der Waals surface area contributed by atoms with Crippen molar-refractivity contribution in [3.8, 4) is 5.75 Å². The number of hydrogen-bond acceptors (Lipinski definition) is 3. The maximum atomic E-state index is 10.5. The molecule has 13 heavy (non-hydrogen) atoms. The Morgan fingerprint density at radius 2 is 2.54 bits per heavy atom. The van der Waals surface area contributed by atoms with Gasteiger partial charge in [0.15, 0.2) is 0 Å². The Morgan fingerprint density at radius 1 is 1.77 bits per heavy atom. The van der Waals surface area contributed by atoms with Crippen molar-refractivity contribution >= 4 is 17.3 Å². The van der Waals surface area contributed by atoms with Crippen molar-refractivity contribution in [1.82, 2.24) is 0 Å². The van der Waals surface area contributed by atoms with Crippen molar-refractivity contribution in [1.29, 1.82) is 0 Å². The Labute approximate surface area is 80.3 Å². The molecule has 1 heterocycles. The summed E-state index contributed by atoms with van der Waals surface area (Å²) in [7, 11) is 0. The number of carbonyl (C=O) groups is 1. The lowest BCUT2D eigenvalue weighted by Gasteiger charge is -1.98. The van der Waals surface area contributed by atoms with Gasteiger partial charge in [-0.05, 0) is 6.42 Å². The molecule has 0 aliphatic carbocycles. The Kier molecular flexibility index (Phi) is 3.52. The molecule has 0 saturated carbocycles. The number of rotatable bonds is 5. The van der Waals surface area contributed by atoms with E-state index in [4.69, 9.17) is 9.84 Å². The number of ether oxygens (including phenoxy) is 1. The third-order valence-corrected chi connectivity index (χ3v) is 2.27. The molecular formula is C9H10O3S. The lowest BCUT2D eigenvalue weighted by molar-refractivity contribution is 0.0702. The van der Waals surface area contributed by atoms with Crippen LogP contribution in [0.1, 0.15) is 16.1 Å². The molecule has 0 amide bonds. The highest BCUT2D eigenvalue weighted by molar-refractivity contribution is 7.12. The first-order valence-corrected chi connectivity index (χ1v) is 4.67. The molecule has 0 fully saturated rings. The van der Waals surface area contributed by atoms with Crippen molar-refractivity contribution < 1.29 is 14.6 Å². The van der Waals surface area contributed by atoms with Gasteiger partial charge < -0.3 is 9.84 Å². The maximum absolute atomic E-state index is 10.5. The molecule has 0 radical (unpaired) electrons. The minimum atomic E-state index is -0.913. The molecule has 0 saturated heterocycles. The molecule has 0 aliphatic heterocycles. The lowest BCUT2D eigenvalue weighted by atomic mass is 10.4. The van der Waals surface area contributed by atoms with Crippen LogP contribution in [-0.4, -0.2) is 17.7 Å². The van der Waals surface area contributed by atoms with E-state index in [9.17, 15) is 4.79 Å². The fraction of sp³-hybridized carbons (Fsp3) is 0.222. The van der Waals surface area contributed by atoms with Gasteiger partial charge in [0.1, 0.15) is 10.6 Å². The summed E-state index contributed by atoms with van der Waals surface area (Å²) in [5.74, 6) is -0.298. The molecule has 0 bridgehead atoms. The first-order valence-electron chi connectivity index (χ1n) is 3.79. The highest BCUT2D eigenvalue weighted by Gasteiger charge is 2.06. The molecule has 0 aromatic carbocycles. The van der Waals surface area contributed by atoms with E-state index >= 15 is 0 Å². The summed E-state index contributed by atoms with van der Waals surface area (Å²) >= 11 is 1.17. The first kappa shape index (κ1) is 9.80. The van der Waals surface area contributed by atoms with Gasteiger partial charge in [0.2, 0.25) is 0 Å². The largest absolute Gasteiger partial charge is 0.492 e. The van der Waals surface area contributed by atoms with Gasteiger partial charge >= 0.3 is 5.97 Å². The van der Waals surface area contributed by atoms with Crippen LogP contribution in [0.15, 0.2) is 24.1 Å². The van der Waals surface area contributed by atoms with Gasteiger partial charge in [0.05, 0.1) is 6.61 Å². The maximum Gasteiger partial charge on any atom is 0.346 e. The van der Waals surface area contributed by atoms with Gasteiger partial charge in [-0.15, -0.1) is 17.9 Å². The molecule has 0 unspecified atom stereocenters. The number of aromatic carboxylic acids is 1. The van der Waals surface area contributed by atoms with Crippen molar-refractivity contribution in [2.75, 3.05) is 6.61 Å². The highest BCUT2D eigenvalue weighted by Crippen LogP contribution is 2.21. The molecule has 1 aromatic heterocycles. The van der Waals surface area contributed by atoms with E-state index in [1.165, 1.54) is 17.4 Å². The van der Waals surface area contributed by atoms with Gasteiger partial charge in [0.25, 0.3) is 0 Å². The molecule has 1 rings (SSSR count). The zero-order chi connectivity index (χ0) is 9.68. The van der Waals surface area contributed by atoms with Gasteiger partial charge in [-0.25, -0.2) is 4.79 Å². The molecule has 0 spiro atoms. The fourth-order valence-electron chi connectivity index (χ4n) is 0.767. The van der Waals surface area contributed by atoms with Crippen molar-refractivity contribution in [3.05, 3.63) is 29.0 Å². The summed E-state index contributed by atoms with van der Waals surface area (Å²) in [6, 6.07) is 1.52. The van der Waals surface area contributed by atoms with Gasteiger partial charge in [-0.1, -0.05) is 6.08 Å². The SMILES string of the molecule is C=CCCOc1csc(C(=O)O)c1. The summed E-state index contributed by atoms with van der Waals surface area (Å²) < 4.78 is 5.25. The van der Waals surface area contributed by atoms with E-state index in [1.807, 2.05) is 0 Å². The van der Waals surface area contributed by atoms with Crippen LogP contribution in [0.25, 0.3) is 0 Å². The van der Waals surface area contributed by atoms with Crippen LogP contribution in [0.4, 0.5) is 0 Å². The van der Waals surface area contributed by atoms with Crippen LogP contribution in [0.5, 0.6) is 5.75 Å². The third kappa shape index (κ3) is 2.91. The van der Waals surface area contributed by atoms with Crippen LogP contribution in [0.2, 0.25) is 0 Å². The standard InChI is InChI=1S/C9H10O3S/c1-2-3-4-12-7-5-8(9(10)11)13-6-7/h2,5-6H,1,3-4H2,(H,10,11). The Bertz CT molecular complexity index is 304. The minimum Gasteiger partial charge on any atom is -0.492 e. The topological polar surface area (TPSA) is 46.5 Å². The monoisotopic (exact) mass is 198 g/mol. The summed E-state index contributed by atoms with van der Waals surface area (Å²) in [5, 5.41) is 10.3. The van der Waals surface area contributed by atoms with E-state index in [1.54, 1.807) is 11.5 Å². The van der Waals surface area contributed by atoms with Gasteiger partial charge in [-0.2, -0.15) is 0 Å². The third-order valence-electron chi connectivity index (χ3n) is 1.38. The Balaban J connectivity index is 2.49. The molecule has 1 N–H and O–H groups in total. The minimum absolute atomic E-state index is 0.300. The van der Waals surface area contributed by atoms with Crippen LogP contribution in [0.3, 0.4) is 0 Å². The number of carboxylic acids is 1. The number of carboxylic acid groups (broad SMARTS) is 1. The molecular weight excluding hydrogens is 188 g/mol. The predicted octanol–water partition coefficient (Wildman–Crippen LogP) is 2.40. The van der Waals surface area contributed by atoms with Crippen molar-refractivity contribution in [3.63, 3.8) is 0 Å². The van der Waals surface area contributed by atoms with Crippen LogP contribution in [0, 0.1) is 0 Å². The first-order chi connectivity index (χ1) is 6.24. The van der Waals surface area contributed by atoms with Gasteiger partial charge in [0, 0.05) is 11.4 Å². The zero-order valence-corrected chi connectivity index (χ0v) is 7.84. The lowest BCUT2D eigenvalue weighted by Crippen LogP contribution is -1.94. The molecule has 0 aliphatic rings. The van der Waals surface area contributed by atoms with E-state index in [0.29, 0.717) is 17.2 Å². The van der Waals surface area contributed by atoms with Gasteiger partial charge in [-0.3, -0.25) is 0 Å². The average molecular weight is 198 g/mol. The molecule has 1 aromatic rings. The second-order valence-electron chi connectivity index (χ2n) is 2.38. The summed E-state index contributed by atoms with van der Waals surface area (Å²) in [5.41, 5.74) is 0. The summed E-state index contributed by atoms with van der Waals surface area (Å²) in [6.45, 7) is 4.09. The van der Waals surface area contributed by atoms with Crippen LogP contribution < -0.4 is 4.74 Å². The molecule has 0 atom stereocenters. The predicted molar refractivity (Wildman–Crippen MR) is 51.6 cm³/mol.